The predicted molar refractivity (Wildman–Crippen MR) is 89.9 cm³/mol. The molecule has 0 bridgehead atoms. The first-order valence-electron chi connectivity index (χ1n) is 7.51. The van der Waals surface area contributed by atoms with Gasteiger partial charge in [-0.25, -0.2) is 4.98 Å². The van der Waals surface area contributed by atoms with Crippen molar-refractivity contribution in [1.82, 2.24) is 14.9 Å². The summed E-state index contributed by atoms with van der Waals surface area (Å²) in [5.74, 6) is 0. The number of para-hydroxylation sites is 1. The van der Waals surface area contributed by atoms with E-state index in [1.54, 1.807) is 11.3 Å². The Morgan fingerprint density at radius 2 is 2.10 bits per heavy atom. The number of hydrogen-bond acceptors (Lipinski definition) is 3. The molecule has 0 aliphatic rings. The van der Waals surface area contributed by atoms with Crippen molar-refractivity contribution in [2.24, 2.45) is 0 Å². The number of thiazole rings is 1. The minimum Gasteiger partial charge on any atom is -0.343 e. The maximum atomic E-state index is 4.73. The molecule has 0 aliphatic carbocycles. The predicted octanol–water partition coefficient (Wildman–Crippen LogP) is 4.21. The highest BCUT2D eigenvalue weighted by Gasteiger charge is 2.11. The molecule has 3 nitrogen and oxygen atoms in total. The molecule has 0 spiro atoms. The molecule has 4 heteroatoms. The maximum absolute atomic E-state index is 4.73. The number of rotatable bonds is 6. The van der Waals surface area contributed by atoms with E-state index in [-0.39, 0.29) is 0 Å². The Labute approximate surface area is 129 Å². The van der Waals surface area contributed by atoms with E-state index in [1.165, 1.54) is 10.4 Å². The van der Waals surface area contributed by atoms with Gasteiger partial charge in [0.1, 0.15) is 5.01 Å². The summed E-state index contributed by atoms with van der Waals surface area (Å²) in [6.07, 6.45) is 3.30. The smallest absolute Gasteiger partial charge is 0.114 e. The van der Waals surface area contributed by atoms with E-state index < -0.39 is 0 Å². The highest BCUT2D eigenvalue weighted by molar-refractivity contribution is 7.18. The lowest BCUT2D eigenvalue weighted by molar-refractivity contribution is 0.534. The zero-order chi connectivity index (χ0) is 14.7. The molecule has 110 valence electrons. The van der Waals surface area contributed by atoms with Crippen LogP contribution in [0.2, 0.25) is 0 Å². The summed E-state index contributed by atoms with van der Waals surface area (Å²) in [5.41, 5.74) is 2.42. The zero-order valence-electron chi connectivity index (χ0n) is 12.5. The van der Waals surface area contributed by atoms with E-state index in [0.29, 0.717) is 6.04 Å². The number of aromatic nitrogens is 2. The quantitative estimate of drug-likeness (QED) is 0.739. The van der Waals surface area contributed by atoms with Crippen LogP contribution < -0.4 is 5.32 Å². The summed E-state index contributed by atoms with van der Waals surface area (Å²) in [7, 11) is 0. The van der Waals surface area contributed by atoms with Gasteiger partial charge in [-0.2, -0.15) is 0 Å². The van der Waals surface area contributed by atoms with Crippen LogP contribution in [0.25, 0.3) is 10.2 Å². The lowest BCUT2D eigenvalue weighted by Crippen LogP contribution is -2.22. The second-order valence-electron chi connectivity index (χ2n) is 5.31. The van der Waals surface area contributed by atoms with Crippen molar-refractivity contribution in [3.63, 3.8) is 0 Å². The highest BCUT2D eigenvalue weighted by Crippen LogP contribution is 2.23. The fourth-order valence-corrected chi connectivity index (χ4v) is 3.53. The van der Waals surface area contributed by atoms with E-state index in [1.807, 2.05) is 6.07 Å². The highest BCUT2D eigenvalue weighted by atomic mass is 32.1. The summed E-state index contributed by atoms with van der Waals surface area (Å²) in [6.45, 7) is 6.31. The first kappa shape index (κ1) is 14.3. The van der Waals surface area contributed by atoms with Crippen molar-refractivity contribution in [3.8, 4) is 0 Å². The van der Waals surface area contributed by atoms with Gasteiger partial charge in [0, 0.05) is 17.9 Å². The van der Waals surface area contributed by atoms with E-state index in [0.717, 1.165) is 30.0 Å². The summed E-state index contributed by atoms with van der Waals surface area (Å²) in [5, 5.41) is 4.71. The van der Waals surface area contributed by atoms with Gasteiger partial charge < -0.3 is 9.88 Å². The van der Waals surface area contributed by atoms with Gasteiger partial charge in [0.05, 0.1) is 16.8 Å². The van der Waals surface area contributed by atoms with Crippen LogP contribution >= 0.6 is 11.3 Å². The van der Waals surface area contributed by atoms with Crippen molar-refractivity contribution in [2.45, 2.75) is 32.9 Å². The Morgan fingerprint density at radius 1 is 1.24 bits per heavy atom. The number of hydrogen-bond donors (Lipinski definition) is 1. The van der Waals surface area contributed by atoms with E-state index in [4.69, 9.17) is 4.98 Å². The Kier molecular flexibility index (Phi) is 4.36. The number of nitrogens with one attached hydrogen (secondary N) is 1. The first-order valence-corrected chi connectivity index (χ1v) is 8.32. The molecule has 21 heavy (non-hydrogen) atoms. The fraction of sp³-hybridized carbons (Fsp3) is 0.353. The van der Waals surface area contributed by atoms with Crippen LogP contribution in [0.15, 0.2) is 42.6 Å². The van der Waals surface area contributed by atoms with Gasteiger partial charge in [0.15, 0.2) is 0 Å². The summed E-state index contributed by atoms with van der Waals surface area (Å²) < 4.78 is 3.56. The van der Waals surface area contributed by atoms with Crippen molar-refractivity contribution in [3.05, 3.63) is 53.3 Å². The summed E-state index contributed by atoms with van der Waals surface area (Å²) in [6, 6.07) is 13.0. The molecule has 1 aromatic carbocycles. The average Bonchev–Trinajstić information content (AvgIpc) is 3.11. The number of nitrogens with zero attached hydrogens (tertiary/aromatic N) is 2. The molecule has 3 rings (SSSR count). The molecule has 2 aromatic heterocycles. The van der Waals surface area contributed by atoms with Crippen LogP contribution in [-0.2, 0) is 6.54 Å². The summed E-state index contributed by atoms with van der Waals surface area (Å²) >= 11 is 1.78. The maximum Gasteiger partial charge on any atom is 0.114 e. The number of benzene rings is 1. The molecule has 0 radical (unpaired) electrons. The third-order valence-electron chi connectivity index (χ3n) is 3.65. The number of fused-ring (bicyclic) bond motifs is 1. The molecule has 1 unspecified atom stereocenters. The van der Waals surface area contributed by atoms with Gasteiger partial charge in [0.2, 0.25) is 0 Å². The Hall–Kier alpha value is -1.65. The molecular weight excluding hydrogens is 278 g/mol. The van der Waals surface area contributed by atoms with E-state index in [9.17, 15) is 0 Å². The molecule has 1 atom stereocenters. The minimum atomic E-state index is 0.370. The van der Waals surface area contributed by atoms with Gasteiger partial charge in [-0.1, -0.05) is 19.1 Å². The SMILES string of the molecule is CCCNC(C)c1cccn1Cc1nc2ccccc2s1. The lowest BCUT2D eigenvalue weighted by Gasteiger charge is -2.16. The third kappa shape index (κ3) is 3.17. The van der Waals surface area contributed by atoms with Gasteiger partial charge in [0.25, 0.3) is 0 Å². The summed E-state index contributed by atoms with van der Waals surface area (Å²) in [4.78, 5) is 4.73. The van der Waals surface area contributed by atoms with Gasteiger partial charge >= 0.3 is 0 Å². The minimum absolute atomic E-state index is 0.370. The molecule has 3 aromatic rings. The molecule has 0 saturated carbocycles. The molecule has 0 fully saturated rings. The zero-order valence-corrected chi connectivity index (χ0v) is 13.4. The molecule has 1 N–H and O–H groups in total. The molecular formula is C17H21N3S. The molecule has 0 amide bonds. The average molecular weight is 299 g/mol. The van der Waals surface area contributed by atoms with Crippen LogP contribution in [0.1, 0.15) is 37.0 Å². The Balaban J connectivity index is 1.80. The van der Waals surface area contributed by atoms with Crippen molar-refractivity contribution in [1.29, 1.82) is 0 Å². The second kappa shape index (κ2) is 6.41. The van der Waals surface area contributed by atoms with Crippen molar-refractivity contribution in [2.75, 3.05) is 6.54 Å². The second-order valence-corrected chi connectivity index (χ2v) is 6.43. The van der Waals surface area contributed by atoms with Crippen LogP contribution in [0.3, 0.4) is 0 Å². The first-order chi connectivity index (χ1) is 10.3. The van der Waals surface area contributed by atoms with Crippen molar-refractivity contribution >= 4 is 21.6 Å². The van der Waals surface area contributed by atoms with Gasteiger partial charge in [-0.3, -0.25) is 0 Å². The van der Waals surface area contributed by atoms with Crippen LogP contribution in [0.4, 0.5) is 0 Å². The third-order valence-corrected chi connectivity index (χ3v) is 4.67. The van der Waals surface area contributed by atoms with Gasteiger partial charge in [-0.15, -0.1) is 11.3 Å². The van der Waals surface area contributed by atoms with Crippen LogP contribution in [-0.4, -0.2) is 16.1 Å². The monoisotopic (exact) mass is 299 g/mol. The molecule has 0 saturated heterocycles. The topological polar surface area (TPSA) is 29.9 Å². The van der Waals surface area contributed by atoms with Crippen LogP contribution in [0, 0.1) is 0 Å². The Morgan fingerprint density at radius 3 is 2.90 bits per heavy atom. The standard InChI is InChI=1S/C17H21N3S/c1-3-10-18-13(2)15-8-6-11-20(15)12-17-19-14-7-4-5-9-16(14)21-17/h4-9,11,13,18H,3,10,12H2,1-2H3. The fourth-order valence-electron chi connectivity index (χ4n) is 2.56. The lowest BCUT2D eigenvalue weighted by atomic mass is 10.2. The van der Waals surface area contributed by atoms with Crippen LogP contribution in [0.5, 0.6) is 0 Å². The normalized spacial score (nSPS) is 12.9. The molecule has 0 aliphatic heterocycles. The molecule has 2 heterocycles. The Bertz CT molecular complexity index is 680. The van der Waals surface area contributed by atoms with E-state index >= 15 is 0 Å². The largest absolute Gasteiger partial charge is 0.343 e. The van der Waals surface area contributed by atoms with Gasteiger partial charge in [-0.05, 0) is 44.2 Å². The van der Waals surface area contributed by atoms with E-state index in [2.05, 4.69) is 60.3 Å². The van der Waals surface area contributed by atoms with Crippen molar-refractivity contribution < 1.29 is 0 Å².